The minimum atomic E-state index is -0.916. The number of phenols is 1. The predicted molar refractivity (Wildman–Crippen MR) is 128 cm³/mol. The van der Waals surface area contributed by atoms with E-state index in [2.05, 4.69) is 10.2 Å². The van der Waals surface area contributed by atoms with E-state index in [1.165, 1.54) is 29.7 Å². The highest BCUT2D eigenvalue weighted by Crippen LogP contribution is 2.65. The molecule has 1 aromatic carbocycles. The van der Waals surface area contributed by atoms with Crippen molar-refractivity contribution in [3.05, 3.63) is 45.6 Å². The van der Waals surface area contributed by atoms with Crippen LogP contribution in [0.1, 0.15) is 52.9 Å². The van der Waals surface area contributed by atoms with Crippen molar-refractivity contribution in [1.82, 2.24) is 10.2 Å². The third kappa shape index (κ3) is 2.83. The van der Waals surface area contributed by atoms with Crippen LogP contribution in [0.15, 0.2) is 29.6 Å². The van der Waals surface area contributed by atoms with Gasteiger partial charge >= 0.3 is 0 Å². The van der Waals surface area contributed by atoms with Crippen molar-refractivity contribution in [2.24, 2.45) is 5.92 Å². The van der Waals surface area contributed by atoms with Gasteiger partial charge in [-0.05, 0) is 74.1 Å². The zero-order valence-corrected chi connectivity index (χ0v) is 20.0. The molecule has 176 valence electrons. The number of ether oxygens (including phenoxy) is 1. The van der Waals surface area contributed by atoms with Crippen LogP contribution >= 0.6 is 23.7 Å². The second-order valence-corrected chi connectivity index (χ2v) is 11.3. The standard InChI is InChI=1S/C25H28N2O4S.ClH/c28-17-6-5-15-12-19-25(30)8-7-16(26-23(29)18-2-1-11-32-18)22-24(25,20(15)21(17)31-22)9-10-27(19)13-14-3-4-14;/h1-2,5-6,11,14,16,19,22,28,30H,3-4,7-10,12-13H2,(H,26,29);1H/t16-,19-,22+,24+,25-;/m1./s1. The maximum Gasteiger partial charge on any atom is 0.261 e. The Bertz CT molecular complexity index is 1110. The van der Waals surface area contributed by atoms with E-state index in [0.717, 1.165) is 37.4 Å². The molecule has 3 heterocycles. The fourth-order valence-corrected chi connectivity index (χ4v) is 7.90. The zero-order valence-electron chi connectivity index (χ0n) is 18.3. The summed E-state index contributed by atoms with van der Waals surface area (Å²) in [6.07, 6.45) is 5.08. The summed E-state index contributed by atoms with van der Waals surface area (Å²) in [5.41, 5.74) is 0.676. The summed E-state index contributed by atoms with van der Waals surface area (Å²) >= 11 is 1.43. The second kappa shape index (κ2) is 7.35. The molecule has 2 aromatic rings. The molecule has 3 aliphatic carbocycles. The fourth-order valence-electron chi connectivity index (χ4n) is 7.28. The highest BCUT2D eigenvalue weighted by Gasteiger charge is 2.73. The second-order valence-electron chi connectivity index (χ2n) is 10.4. The molecule has 1 amide bonds. The minimum absolute atomic E-state index is 0. The van der Waals surface area contributed by atoms with Gasteiger partial charge in [0.15, 0.2) is 11.5 Å². The number of thiophene rings is 1. The molecule has 2 saturated carbocycles. The molecule has 6 nitrogen and oxygen atoms in total. The first-order valence-electron chi connectivity index (χ1n) is 11.8. The summed E-state index contributed by atoms with van der Waals surface area (Å²) in [4.78, 5) is 16.1. The molecular weight excluding hydrogens is 460 g/mol. The van der Waals surface area contributed by atoms with Gasteiger partial charge in [-0.2, -0.15) is 0 Å². The molecule has 0 unspecified atom stereocenters. The van der Waals surface area contributed by atoms with Gasteiger partial charge in [-0.3, -0.25) is 9.69 Å². The monoisotopic (exact) mass is 488 g/mol. The van der Waals surface area contributed by atoms with E-state index < -0.39 is 11.0 Å². The number of halogens is 1. The average molecular weight is 489 g/mol. The Hall–Kier alpha value is -1.80. The SMILES string of the molecule is Cl.O=C(N[C@@H]1CC[C@@]2(O)[C@H]3Cc4ccc(O)c5c4[C@@]2(CCN3CC2CC2)[C@H]1O5)c1cccs1. The van der Waals surface area contributed by atoms with Gasteiger partial charge in [-0.25, -0.2) is 0 Å². The average Bonchev–Trinajstić information content (AvgIpc) is 3.27. The Morgan fingerprint density at radius 2 is 2.09 bits per heavy atom. The molecule has 1 saturated heterocycles. The molecule has 33 heavy (non-hydrogen) atoms. The highest BCUT2D eigenvalue weighted by atomic mass is 35.5. The molecule has 2 aliphatic heterocycles. The number of hydrogen-bond donors (Lipinski definition) is 3. The first-order valence-corrected chi connectivity index (χ1v) is 12.7. The summed E-state index contributed by atoms with van der Waals surface area (Å²) in [6.45, 7) is 1.98. The van der Waals surface area contributed by atoms with Crippen molar-refractivity contribution >= 4 is 29.7 Å². The van der Waals surface area contributed by atoms with Crippen LogP contribution in [0.25, 0.3) is 0 Å². The van der Waals surface area contributed by atoms with Gasteiger partial charge in [-0.1, -0.05) is 12.1 Å². The maximum absolute atomic E-state index is 12.9. The largest absolute Gasteiger partial charge is 0.504 e. The van der Waals surface area contributed by atoms with E-state index in [0.29, 0.717) is 23.5 Å². The van der Waals surface area contributed by atoms with Crippen LogP contribution in [0, 0.1) is 5.92 Å². The number of aromatic hydroxyl groups is 1. The molecule has 5 atom stereocenters. The van der Waals surface area contributed by atoms with Gasteiger partial charge in [0.25, 0.3) is 5.91 Å². The van der Waals surface area contributed by atoms with Crippen LogP contribution in [0.2, 0.25) is 0 Å². The van der Waals surface area contributed by atoms with E-state index in [1.807, 2.05) is 23.6 Å². The van der Waals surface area contributed by atoms with Crippen molar-refractivity contribution in [3.63, 3.8) is 0 Å². The molecule has 3 fully saturated rings. The van der Waals surface area contributed by atoms with Gasteiger partial charge in [0.2, 0.25) is 0 Å². The molecule has 0 radical (unpaired) electrons. The number of amides is 1. The lowest BCUT2D eigenvalue weighted by Gasteiger charge is -2.64. The normalized spacial score (nSPS) is 35.8. The molecule has 2 bridgehead atoms. The number of aliphatic hydroxyl groups is 1. The Labute approximate surface area is 203 Å². The first kappa shape index (κ1) is 21.7. The predicted octanol–water partition coefficient (Wildman–Crippen LogP) is 3.24. The Balaban J connectivity index is 0.00000206. The molecule has 8 heteroatoms. The molecule has 5 aliphatic rings. The number of carbonyl (C=O) groups is 1. The van der Waals surface area contributed by atoms with Crippen LogP contribution in [0.4, 0.5) is 0 Å². The van der Waals surface area contributed by atoms with Gasteiger partial charge < -0.3 is 20.3 Å². The number of piperidine rings is 1. The Kier molecular flexibility index (Phi) is 4.83. The lowest BCUT2D eigenvalue weighted by atomic mass is 9.48. The lowest BCUT2D eigenvalue weighted by Crippen LogP contribution is -2.78. The minimum Gasteiger partial charge on any atom is -0.504 e. The fraction of sp³-hybridized carbons (Fsp3) is 0.560. The van der Waals surface area contributed by atoms with E-state index in [9.17, 15) is 15.0 Å². The quantitative estimate of drug-likeness (QED) is 0.615. The van der Waals surface area contributed by atoms with E-state index in [1.54, 1.807) is 6.07 Å². The molecular formula is C25H29ClN2O4S. The number of rotatable bonds is 4. The number of likely N-dealkylation sites (tertiary alicyclic amines) is 1. The number of nitrogens with one attached hydrogen (secondary N) is 1. The summed E-state index contributed by atoms with van der Waals surface area (Å²) in [5.74, 6) is 1.34. The van der Waals surface area contributed by atoms with Crippen LogP contribution in [-0.2, 0) is 11.8 Å². The van der Waals surface area contributed by atoms with Crippen molar-refractivity contribution in [2.75, 3.05) is 13.1 Å². The number of hydrogen-bond acceptors (Lipinski definition) is 6. The first-order chi connectivity index (χ1) is 15.5. The third-order valence-electron chi connectivity index (χ3n) is 8.82. The van der Waals surface area contributed by atoms with Crippen LogP contribution in [0.5, 0.6) is 11.5 Å². The highest BCUT2D eigenvalue weighted by molar-refractivity contribution is 7.12. The van der Waals surface area contributed by atoms with Gasteiger partial charge in [0.05, 0.1) is 21.9 Å². The summed E-state index contributed by atoms with van der Waals surface area (Å²) in [5, 5.41) is 28.2. The van der Waals surface area contributed by atoms with Gasteiger partial charge in [0, 0.05) is 18.2 Å². The van der Waals surface area contributed by atoms with Crippen LogP contribution in [-0.4, -0.2) is 57.9 Å². The van der Waals surface area contributed by atoms with Gasteiger partial charge in [0.1, 0.15) is 6.10 Å². The van der Waals surface area contributed by atoms with Crippen molar-refractivity contribution < 1.29 is 19.7 Å². The molecule has 1 spiro atoms. The molecule has 3 N–H and O–H groups in total. The van der Waals surface area contributed by atoms with Crippen LogP contribution in [0.3, 0.4) is 0 Å². The molecule has 1 aromatic heterocycles. The summed E-state index contributed by atoms with van der Waals surface area (Å²) in [6, 6.07) is 7.30. The van der Waals surface area contributed by atoms with E-state index in [4.69, 9.17) is 4.74 Å². The van der Waals surface area contributed by atoms with Crippen molar-refractivity contribution in [2.45, 2.75) is 67.7 Å². The van der Waals surface area contributed by atoms with E-state index in [-0.39, 0.29) is 42.3 Å². The smallest absolute Gasteiger partial charge is 0.261 e. The topological polar surface area (TPSA) is 82.0 Å². The summed E-state index contributed by atoms with van der Waals surface area (Å²) < 4.78 is 6.49. The molecule has 7 rings (SSSR count). The number of benzene rings is 1. The van der Waals surface area contributed by atoms with Gasteiger partial charge in [-0.15, -0.1) is 23.7 Å². The number of phenolic OH excluding ortho intramolecular Hbond substituents is 1. The van der Waals surface area contributed by atoms with Crippen LogP contribution < -0.4 is 10.1 Å². The summed E-state index contributed by atoms with van der Waals surface area (Å²) in [7, 11) is 0. The number of carbonyl (C=O) groups excluding carboxylic acids is 1. The van der Waals surface area contributed by atoms with Crippen molar-refractivity contribution in [3.8, 4) is 11.5 Å². The number of nitrogens with zero attached hydrogens (tertiary/aromatic N) is 1. The Morgan fingerprint density at radius 1 is 1.24 bits per heavy atom. The third-order valence-corrected chi connectivity index (χ3v) is 9.69. The Morgan fingerprint density at radius 3 is 2.85 bits per heavy atom. The van der Waals surface area contributed by atoms with E-state index >= 15 is 0 Å². The zero-order chi connectivity index (χ0) is 21.7. The van der Waals surface area contributed by atoms with Crippen molar-refractivity contribution in [1.29, 1.82) is 0 Å². The lowest BCUT2D eigenvalue weighted by molar-refractivity contribution is -0.191. The maximum atomic E-state index is 12.9.